The maximum atomic E-state index is 5.97. The van der Waals surface area contributed by atoms with Crippen LogP contribution >= 0.6 is 0 Å². The van der Waals surface area contributed by atoms with E-state index in [2.05, 4.69) is 46.1 Å². The lowest BCUT2D eigenvalue weighted by molar-refractivity contribution is -0.274. The van der Waals surface area contributed by atoms with E-state index in [4.69, 9.17) is 4.84 Å². The smallest absolute Gasteiger partial charge is 0.108 e. The SMILES string of the molecule is CCCCON1C(C)(C)C[CH+]CC1(C)C. The van der Waals surface area contributed by atoms with E-state index in [1.807, 2.05) is 0 Å². The Morgan fingerprint density at radius 2 is 1.67 bits per heavy atom. The van der Waals surface area contributed by atoms with Crippen molar-refractivity contribution in [2.45, 2.75) is 71.4 Å². The second-order valence-corrected chi connectivity index (χ2v) is 5.80. The number of hydroxylamine groups is 2. The highest BCUT2D eigenvalue weighted by Crippen LogP contribution is 2.37. The molecule has 0 aromatic rings. The summed E-state index contributed by atoms with van der Waals surface area (Å²) in [6, 6.07) is 0. The first kappa shape index (κ1) is 12.9. The Morgan fingerprint density at radius 1 is 1.13 bits per heavy atom. The van der Waals surface area contributed by atoms with Gasteiger partial charge in [0.05, 0.1) is 24.1 Å². The highest BCUT2D eigenvalue weighted by atomic mass is 16.7. The summed E-state index contributed by atoms with van der Waals surface area (Å²) in [5.41, 5.74) is 0.269. The zero-order valence-corrected chi connectivity index (χ0v) is 11.0. The van der Waals surface area contributed by atoms with Crippen molar-refractivity contribution in [2.75, 3.05) is 6.61 Å². The number of unbranched alkanes of at least 4 members (excludes halogenated alkanes) is 1. The van der Waals surface area contributed by atoms with Crippen molar-refractivity contribution in [3.8, 4) is 0 Å². The van der Waals surface area contributed by atoms with Crippen LogP contribution in [-0.2, 0) is 4.84 Å². The minimum atomic E-state index is 0.134. The molecule has 1 fully saturated rings. The summed E-state index contributed by atoms with van der Waals surface area (Å²) in [4.78, 5) is 5.97. The van der Waals surface area contributed by atoms with Gasteiger partial charge in [0.25, 0.3) is 0 Å². The van der Waals surface area contributed by atoms with Crippen LogP contribution < -0.4 is 0 Å². The largest absolute Gasteiger partial charge is 0.298 e. The Morgan fingerprint density at radius 3 is 2.13 bits per heavy atom. The number of nitrogens with zero attached hydrogens (tertiary/aromatic N) is 1. The molecular weight excluding hydrogens is 186 g/mol. The molecule has 0 atom stereocenters. The number of rotatable bonds is 4. The van der Waals surface area contributed by atoms with Gasteiger partial charge in [-0.25, -0.2) is 0 Å². The average Bonchev–Trinajstić information content (AvgIpc) is 2.09. The summed E-state index contributed by atoms with van der Waals surface area (Å²) in [5.74, 6) is 0. The highest BCUT2D eigenvalue weighted by Gasteiger charge is 2.47. The second kappa shape index (κ2) is 4.75. The Balaban J connectivity index is 2.60. The van der Waals surface area contributed by atoms with Gasteiger partial charge in [-0.05, 0) is 34.1 Å². The molecule has 2 heteroatoms. The molecule has 0 aliphatic carbocycles. The molecule has 1 heterocycles. The van der Waals surface area contributed by atoms with E-state index in [0.717, 1.165) is 25.9 Å². The number of hydrogen-bond acceptors (Lipinski definition) is 2. The fraction of sp³-hybridized carbons (Fsp3) is 0.923. The van der Waals surface area contributed by atoms with Gasteiger partial charge < -0.3 is 0 Å². The van der Waals surface area contributed by atoms with E-state index < -0.39 is 0 Å². The average molecular weight is 212 g/mol. The van der Waals surface area contributed by atoms with E-state index in [-0.39, 0.29) is 11.1 Å². The molecule has 0 spiro atoms. The quantitative estimate of drug-likeness (QED) is 0.522. The predicted molar refractivity (Wildman–Crippen MR) is 64.4 cm³/mol. The minimum absolute atomic E-state index is 0.134. The Bertz CT molecular complexity index is 183. The number of piperidine rings is 1. The molecular formula is C13H26NO+. The third kappa shape index (κ3) is 3.12. The van der Waals surface area contributed by atoms with Crippen molar-refractivity contribution in [2.24, 2.45) is 0 Å². The first-order chi connectivity index (χ1) is 6.90. The lowest BCUT2D eigenvalue weighted by Gasteiger charge is -2.47. The van der Waals surface area contributed by atoms with Gasteiger partial charge in [0.1, 0.15) is 12.8 Å². The maximum absolute atomic E-state index is 5.97. The van der Waals surface area contributed by atoms with Gasteiger partial charge in [0, 0.05) is 0 Å². The molecule has 0 saturated carbocycles. The summed E-state index contributed by atoms with van der Waals surface area (Å²) in [6.45, 7) is 12.1. The Kier molecular flexibility index (Phi) is 4.07. The van der Waals surface area contributed by atoms with Crippen LogP contribution in [0.1, 0.15) is 60.3 Å². The molecule has 88 valence electrons. The lowest BCUT2D eigenvalue weighted by atomic mass is 9.82. The third-order valence-electron chi connectivity index (χ3n) is 3.11. The van der Waals surface area contributed by atoms with Gasteiger partial charge in [-0.2, -0.15) is 5.06 Å². The standard InChI is InChI=1S/C13H26NO/c1-6-7-11-15-14-12(2,3)9-8-10-13(14,4)5/h8H,6-7,9-11H2,1-5H3/q+1. The minimum Gasteiger partial charge on any atom is -0.298 e. The van der Waals surface area contributed by atoms with Crippen LogP contribution in [0, 0.1) is 6.42 Å². The molecule has 0 bridgehead atoms. The van der Waals surface area contributed by atoms with Crippen LogP contribution in [0.3, 0.4) is 0 Å². The normalized spacial score (nSPS) is 24.9. The van der Waals surface area contributed by atoms with Crippen LogP contribution in [0.15, 0.2) is 0 Å². The van der Waals surface area contributed by atoms with Crippen LogP contribution in [0.25, 0.3) is 0 Å². The molecule has 2 nitrogen and oxygen atoms in total. The lowest BCUT2D eigenvalue weighted by Crippen LogP contribution is -2.58. The third-order valence-corrected chi connectivity index (χ3v) is 3.11. The summed E-state index contributed by atoms with van der Waals surface area (Å²) < 4.78 is 0. The maximum Gasteiger partial charge on any atom is 0.108 e. The van der Waals surface area contributed by atoms with Crippen molar-refractivity contribution in [1.29, 1.82) is 0 Å². The first-order valence-electron chi connectivity index (χ1n) is 6.15. The molecule has 0 unspecified atom stereocenters. The van der Waals surface area contributed by atoms with Crippen molar-refractivity contribution in [3.63, 3.8) is 0 Å². The number of hydrogen-bond donors (Lipinski definition) is 0. The van der Waals surface area contributed by atoms with Crippen LogP contribution in [-0.4, -0.2) is 22.7 Å². The van der Waals surface area contributed by atoms with E-state index in [1.54, 1.807) is 0 Å². The Hall–Kier alpha value is -0.210. The zero-order chi connectivity index (χ0) is 11.5. The van der Waals surface area contributed by atoms with Gasteiger partial charge in [-0.1, -0.05) is 13.3 Å². The summed E-state index contributed by atoms with van der Waals surface area (Å²) in [6.07, 6.45) is 6.96. The van der Waals surface area contributed by atoms with Gasteiger partial charge in [-0.15, -0.1) is 0 Å². The Labute approximate surface area is 94.9 Å². The van der Waals surface area contributed by atoms with E-state index >= 15 is 0 Å². The van der Waals surface area contributed by atoms with Gasteiger partial charge in [0.15, 0.2) is 0 Å². The molecule has 1 aliphatic rings. The van der Waals surface area contributed by atoms with E-state index in [1.165, 1.54) is 6.42 Å². The summed E-state index contributed by atoms with van der Waals surface area (Å²) >= 11 is 0. The van der Waals surface area contributed by atoms with E-state index in [0.29, 0.717) is 0 Å². The summed E-state index contributed by atoms with van der Waals surface area (Å²) in [7, 11) is 0. The second-order valence-electron chi connectivity index (χ2n) is 5.80. The molecule has 0 radical (unpaired) electrons. The van der Waals surface area contributed by atoms with E-state index in [9.17, 15) is 0 Å². The van der Waals surface area contributed by atoms with Gasteiger partial charge in [0.2, 0.25) is 0 Å². The first-order valence-corrected chi connectivity index (χ1v) is 6.15. The zero-order valence-electron chi connectivity index (χ0n) is 11.0. The predicted octanol–water partition coefficient (Wildman–Crippen LogP) is 3.58. The summed E-state index contributed by atoms with van der Waals surface area (Å²) in [5, 5.41) is 2.22. The van der Waals surface area contributed by atoms with Crippen molar-refractivity contribution in [1.82, 2.24) is 5.06 Å². The highest BCUT2D eigenvalue weighted by molar-refractivity contribution is 4.99. The van der Waals surface area contributed by atoms with Crippen LogP contribution in [0.5, 0.6) is 0 Å². The van der Waals surface area contributed by atoms with Crippen LogP contribution in [0.2, 0.25) is 0 Å². The molecule has 0 aromatic carbocycles. The fourth-order valence-electron chi connectivity index (χ4n) is 2.41. The van der Waals surface area contributed by atoms with Gasteiger partial charge >= 0.3 is 0 Å². The van der Waals surface area contributed by atoms with Crippen molar-refractivity contribution in [3.05, 3.63) is 6.42 Å². The topological polar surface area (TPSA) is 12.5 Å². The molecule has 1 aliphatic heterocycles. The fourth-order valence-corrected chi connectivity index (χ4v) is 2.41. The molecule has 0 amide bonds. The molecule has 15 heavy (non-hydrogen) atoms. The molecule has 1 saturated heterocycles. The van der Waals surface area contributed by atoms with Gasteiger partial charge in [-0.3, -0.25) is 4.84 Å². The van der Waals surface area contributed by atoms with Crippen molar-refractivity contribution >= 4 is 0 Å². The van der Waals surface area contributed by atoms with Crippen molar-refractivity contribution < 1.29 is 4.84 Å². The molecule has 0 aromatic heterocycles. The van der Waals surface area contributed by atoms with Crippen LogP contribution in [0.4, 0.5) is 0 Å². The monoisotopic (exact) mass is 212 g/mol. The molecule has 0 N–H and O–H groups in total. The molecule has 1 rings (SSSR count).